The lowest BCUT2D eigenvalue weighted by molar-refractivity contribution is -0.117. The van der Waals surface area contributed by atoms with Crippen LogP contribution in [0.3, 0.4) is 0 Å². The summed E-state index contributed by atoms with van der Waals surface area (Å²) in [6.45, 7) is 1.02. The summed E-state index contributed by atoms with van der Waals surface area (Å²) < 4.78 is 15.7. The van der Waals surface area contributed by atoms with E-state index in [1.54, 1.807) is 0 Å². The van der Waals surface area contributed by atoms with Crippen molar-refractivity contribution in [3.63, 3.8) is 0 Å². The first-order valence-electron chi connectivity index (χ1n) is 5.86. The van der Waals surface area contributed by atoms with Gasteiger partial charge in [0.05, 0.1) is 18.8 Å². The molecular weight excluding hydrogens is 208 g/mol. The Balaban J connectivity index is 1.77. The fourth-order valence-electron chi connectivity index (χ4n) is 2.22. The molecule has 4 heteroatoms. The van der Waals surface area contributed by atoms with Crippen molar-refractivity contribution in [2.45, 2.75) is 38.2 Å². The second-order valence-electron chi connectivity index (χ2n) is 4.21. The van der Waals surface area contributed by atoms with Crippen molar-refractivity contribution in [3.8, 4) is 0 Å². The average Bonchev–Trinajstić information content (AvgIpc) is 2.90. The summed E-state index contributed by atoms with van der Waals surface area (Å²) in [5, 5.41) is 0. The Bertz CT molecular complexity index is 289. The lowest BCUT2D eigenvalue weighted by atomic mass is 10.0. The maximum atomic E-state index is 11.5. The van der Waals surface area contributed by atoms with Crippen molar-refractivity contribution in [2.75, 3.05) is 20.3 Å². The Morgan fingerprint density at radius 2 is 2.38 bits per heavy atom. The molecule has 90 valence electrons. The van der Waals surface area contributed by atoms with Crippen LogP contribution in [-0.4, -0.2) is 32.2 Å². The molecule has 16 heavy (non-hydrogen) atoms. The molecule has 0 saturated carbocycles. The van der Waals surface area contributed by atoms with Crippen LogP contribution >= 0.6 is 0 Å². The highest BCUT2D eigenvalue weighted by atomic mass is 16.7. The first kappa shape index (κ1) is 11.5. The van der Waals surface area contributed by atoms with Gasteiger partial charge in [0.15, 0.2) is 6.61 Å². The summed E-state index contributed by atoms with van der Waals surface area (Å²) in [6.07, 6.45) is 5.43. The van der Waals surface area contributed by atoms with Gasteiger partial charge in [-0.2, -0.15) is 0 Å². The maximum Gasteiger partial charge on any atom is 0.286 e. The number of hydrogen-bond donors (Lipinski definition) is 0. The third kappa shape index (κ3) is 2.55. The molecule has 0 bridgehead atoms. The predicted octanol–water partition coefficient (Wildman–Crippen LogP) is 1.79. The van der Waals surface area contributed by atoms with Crippen molar-refractivity contribution in [1.29, 1.82) is 0 Å². The molecule has 0 aromatic heterocycles. The highest BCUT2D eigenvalue weighted by molar-refractivity contribution is 5.98. The van der Waals surface area contributed by atoms with Gasteiger partial charge < -0.3 is 14.2 Å². The van der Waals surface area contributed by atoms with Gasteiger partial charge in [-0.05, 0) is 32.1 Å². The summed E-state index contributed by atoms with van der Waals surface area (Å²) in [7, 11) is 1.54. The SMILES string of the molecule is COC1=C(CCCC2CCCO2)C(=O)CO1. The molecule has 0 aliphatic carbocycles. The van der Waals surface area contributed by atoms with Gasteiger partial charge in [0, 0.05) is 6.61 Å². The van der Waals surface area contributed by atoms with E-state index in [0.29, 0.717) is 17.6 Å². The largest absolute Gasteiger partial charge is 0.468 e. The van der Waals surface area contributed by atoms with E-state index < -0.39 is 0 Å². The Hall–Kier alpha value is -1.03. The minimum absolute atomic E-state index is 0.0594. The molecule has 1 saturated heterocycles. The third-order valence-corrected chi connectivity index (χ3v) is 3.08. The smallest absolute Gasteiger partial charge is 0.286 e. The number of Topliss-reactive ketones (excluding diaryl/α,β-unsaturated/α-hetero) is 1. The van der Waals surface area contributed by atoms with Crippen LogP contribution in [-0.2, 0) is 19.0 Å². The van der Waals surface area contributed by atoms with Crippen LogP contribution in [0.15, 0.2) is 11.5 Å². The number of hydrogen-bond acceptors (Lipinski definition) is 4. The van der Waals surface area contributed by atoms with E-state index in [1.807, 2.05) is 0 Å². The van der Waals surface area contributed by atoms with Gasteiger partial charge in [-0.3, -0.25) is 4.79 Å². The standard InChI is InChI=1S/C12H18O4/c1-14-12-10(11(13)8-16-12)6-2-4-9-5-3-7-15-9/h9H,2-8H2,1H3. The monoisotopic (exact) mass is 226 g/mol. The molecule has 0 aromatic rings. The molecule has 0 radical (unpaired) electrons. The number of rotatable bonds is 5. The summed E-state index contributed by atoms with van der Waals surface area (Å²) in [4.78, 5) is 11.5. The summed E-state index contributed by atoms with van der Waals surface area (Å²) in [5.41, 5.74) is 0.709. The lowest BCUT2D eigenvalue weighted by Gasteiger charge is -2.08. The van der Waals surface area contributed by atoms with Crippen LogP contribution in [0, 0.1) is 0 Å². The van der Waals surface area contributed by atoms with Crippen molar-refractivity contribution < 1.29 is 19.0 Å². The average molecular weight is 226 g/mol. The Kier molecular flexibility index (Phi) is 3.83. The minimum Gasteiger partial charge on any atom is -0.468 e. The second-order valence-corrected chi connectivity index (χ2v) is 4.21. The van der Waals surface area contributed by atoms with Crippen LogP contribution in [0.2, 0.25) is 0 Å². The molecule has 2 aliphatic rings. The number of ether oxygens (including phenoxy) is 3. The quantitative estimate of drug-likeness (QED) is 0.717. The van der Waals surface area contributed by atoms with Gasteiger partial charge >= 0.3 is 0 Å². The number of ketones is 1. The minimum atomic E-state index is 0.0594. The Labute approximate surface area is 95.6 Å². The molecule has 2 rings (SSSR count). The van der Waals surface area contributed by atoms with E-state index in [4.69, 9.17) is 14.2 Å². The van der Waals surface area contributed by atoms with Crippen LogP contribution in [0.4, 0.5) is 0 Å². The zero-order valence-corrected chi connectivity index (χ0v) is 9.66. The van der Waals surface area contributed by atoms with Crippen LogP contribution in [0.5, 0.6) is 0 Å². The van der Waals surface area contributed by atoms with Crippen LogP contribution in [0.1, 0.15) is 32.1 Å². The molecule has 0 amide bonds. The summed E-state index contributed by atoms with van der Waals surface area (Å²) in [6, 6.07) is 0. The zero-order valence-electron chi connectivity index (χ0n) is 9.66. The molecule has 1 atom stereocenters. The van der Waals surface area contributed by atoms with Gasteiger partial charge in [-0.25, -0.2) is 0 Å². The lowest BCUT2D eigenvalue weighted by Crippen LogP contribution is -2.06. The number of methoxy groups -OCH3 is 1. The van der Waals surface area contributed by atoms with Gasteiger partial charge in [0.25, 0.3) is 5.95 Å². The molecule has 0 aromatic carbocycles. The molecule has 4 nitrogen and oxygen atoms in total. The van der Waals surface area contributed by atoms with E-state index in [9.17, 15) is 4.79 Å². The molecule has 0 N–H and O–H groups in total. The molecule has 0 spiro atoms. The van der Waals surface area contributed by atoms with Gasteiger partial charge in [0.2, 0.25) is 5.78 Å². The second kappa shape index (κ2) is 5.34. The topological polar surface area (TPSA) is 44.8 Å². The molecule has 1 unspecified atom stereocenters. The predicted molar refractivity (Wildman–Crippen MR) is 57.8 cm³/mol. The van der Waals surface area contributed by atoms with Crippen LogP contribution in [0.25, 0.3) is 0 Å². The van der Waals surface area contributed by atoms with Crippen molar-refractivity contribution >= 4 is 5.78 Å². The molecule has 2 aliphatic heterocycles. The fraction of sp³-hybridized carbons (Fsp3) is 0.750. The fourth-order valence-corrected chi connectivity index (χ4v) is 2.22. The van der Waals surface area contributed by atoms with E-state index in [1.165, 1.54) is 13.5 Å². The third-order valence-electron chi connectivity index (χ3n) is 3.08. The Morgan fingerprint density at radius 3 is 3.06 bits per heavy atom. The van der Waals surface area contributed by atoms with Crippen molar-refractivity contribution in [3.05, 3.63) is 11.5 Å². The summed E-state index contributed by atoms with van der Waals surface area (Å²) in [5.74, 6) is 0.474. The molecule has 1 fully saturated rings. The van der Waals surface area contributed by atoms with E-state index in [-0.39, 0.29) is 12.4 Å². The Morgan fingerprint density at radius 1 is 1.50 bits per heavy atom. The van der Waals surface area contributed by atoms with Gasteiger partial charge in [-0.1, -0.05) is 0 Å². The van der Waals surface area contributed by atoms with E-state index >= 15 is 0 Å². The first-order valence-corrected chi connectivity index (χ1v) is 5.86. The highest BCUT2D eigenvalue weighted by Gasteiger charge is 2.25. The van der Waals surface area contributed by atoms with Crippen LogP contribution < -0.4 is 0 Å². The summed E-state index contributed by atoms with van der Waals surface area (Å²) >= 11 is 0. The first-order chi connectivity index (χ1) is 7.81. The molecule has 2 heterocycles. The van der Waals surface area contributed by atoms with Gasteiger partial charge in [-0.15, -0.1) is 0 Å². The van der Waals surface area contributed by atoms with E-state index in [2.05, 4.69) is 0 Å². The van der Waals surface area contributed by atoms with E-state index in [0.717, 1.165) is 32.3 Å². The number of carbonyl (C=O) groups excluding carboxylic acids is 1. The van der Waals surface area contributed by atoms with Crippen molar-refractivity contribution in [1.82, 2.24) is 0 Å². The molecular formula is C12H18O4. The van der Waals surface area contributed by atoms with Crippen molar-refractivity contribution in [2.24, 2.45) is 0 Å². The number of carbonyl (C=O) groups is 1. The highest BCUT2D eigenvalue weighted by Crippen LogP contribution is 2.24. The van der Waals surface area contributed by atoms with Gasteiger partial charge in [0.1, 0.15) is 0 Å². The maximum absolute atomic E-state index is 11.5. The normalized spacial score (nSPS) is 25.1. The zero-order chi connectivity index (χ0) is 11.4.